The number of phenols is 1. The van der Waals surface area contributed by atoms with Gasteiger partial charge in [-0.1, -0.05) is 19.1 Å². The fraction of sp³-hybridized carbons (Fsp3) is 0.364. The fourth-order valence-electron chi connectivity index (χ4n) is 1.13. The molecule has 3 nitrogen and oxygen atoms in total. The van der Waals surface area contributed by atoms with Crippen molar-refractivity contribution in [3.63, 3.8) is 0 Å². The smallest absolute Gasteiger partial charge is 0.224 e. The Morgan fingerprint density at radius 1 is 1.36 bits per heavy atom. The molecule has 1 amide bonds. The number of nitrogens with one attached hydrogen (secondary N) is 1. The first-order valence-corrected chi connectivity index (χ1v) is 4.77. The largest absolute Gasteiger partial charge is 0.508 e. The molecule has 0 saturated carbocycles. The van der Waals surface area contributed by atoms with Gasteiger partial charge < -0.3 is 10.4 Å². The molecule has 0 unspecified atom stereocenters. The molecule has 76 valence electrons. The van der Waals surface area contributed by atoms with E-state index in [1.807, 2.05) is 6.92 Å². The summed E-state index contributed by atoms with van der Waals surface area (Å²) in [5.41, 5.74) is 0.913. The third-order valence-electron chi connectivity index (χ3n) is 1.87. The summed E-state index contributed by atoms with van der Waals surface area (Å²) < 4.78 is 0. The van der Waals surface area contributed by atoms with E-state index in [0.29, 0.717) is 6.42 Å². The van der Waals surface area contributed by atoms with E-state index in [2.05, 4.69) is 5.32 Å². The minimum atomic E-state index is 0.0255. The lowest BCUT2D eigenvalue weighted by atomic mass is 10.1. The van der Waals surface area contributed by atoms with Crippen molar-refractivity contribution in [3.8, 4) is 5.75 Å². The molecule has 3 heteroatoms. The molecule has 0 aliphatic heterocycles. The molecule has 1 aromatic carbocycles. The Hall–Kier alpha value is -1.51. The third-order valence-corrected chi connectivity index (χ3v) is 1.87. The summed E-state index contributed by atoms with van der Waals surface area (Å²) in [5, 5.41) is 11.8. The molecule has 0 aliphatic rings. The van der Waals surface area contributed by atoms with E-state index in [-0.39, 0.29) is 11.7 Å². The predicted octanol–water partition coefficient (Wildman–Crippen LogP) is 1.46. The lowest BCUT2D eigenvalue weighted by Crippen LogP contribution is -2.25. The van der Waals surface area contributed by atoms with Crippen LogP contribution >= 0.6 is 0 Å². The Morgan fingerprint density at radius 2 is 2.00 bits per heavy atom. The highest BCUT2D eigenvalue weighted by molar-refractivity contribution is 5.78. The summed E-state index contributed by atoms with van der Waals surface area (Å²) in [4.78, 5) is 11.3. The van der Waals surface area contributed by atoms with E-state index in [1.165, 1.54) is 0 Å². The zero-order valence-corrected chi connectivity index (χ0v) is 8.29. The lowest BCUT2D eigenvalue weighted by Gasteiger charge is -2.03. The van der Waals surface area contributed by atoms with Crippen molar-refractivity contribution < 1.29 is 9.90 Å². The van der Waals surface area contributed by atoms with Crippen LogP contribution in [-0.2, 0) is 11.2 Å². The average Bonchev–Trinajstić information content (AvgIpc) is 2.18. The van der Waals surface area contributed by atoms with Crippen LogP contribution in [0.5, 0.6) is 5.75 Å². The number of benzene rings is 1. The summed E-state index contributed by atoms with van der Waals surface area (Å²) in [6, 6.07) is 6.67. The van der Waals surface area contributed by atoms with Crippen molar-refractivity contribution >= 4 is 5.91 Å². The molecule has 0 spiro atoms. The molecular formula is C11H15NO2. The summed E-state index contributed by atoms with van der Waals surface area (Å²) in [6.45, 7) is 2.73. The van der Waals surface area contributed by atoms with Gasteiger partial charge in [-0.25, -0.2) is 0 Å². The number of phenolic OH excluding ortho intramolecular Hbond substituents is 1. The normalized spacial score (nSPS) is 9.79. The van der Waals surface area contributed by atoms with Gasteiger partial charge in [0, 0.05) is 6.54 Å². The average molecular weight is 193 g/mol. The van der Waals surface area contributed by atoms with E-state index < -0.39 is 0 Å². The first-order chi connectivity index (χ1) is 6.72. The van der Waals surface area contributed by atoms with Crippen molar-refractivity contribution in [1.82, 2.24) is 5.32 Å². The third kappa shape index (κ3) is 3.47. The lowest BCUT2D eigenvalue weighted by molar-refractivity contribution is -0.120. The molecule has 14 heavy (non-hydrogen) atoms. The maximum atomic E-state index is 11.3. The van der Waals surface area contributed by atoms with Crippen molar-refractivity contribution in [3.05, 3.63) is 29.8 Å². The van der Waals surface area contributed by atoms with Crippen molar-refractivity contribution in [2.24, 2.45) is 0 Å². The standard InChI is InChI=1S/C11H15NO2/c1-2-7-12-11(14)8-9-3-5-10(13)6-4-9/h3-6,13H,2,7-8H2,1H3,(H,12,14). The summed E-state index contributed by atoms with van der Waals surface area (Å²) in [7, 11) is 0. The summed E-state index contributed by atoms with van der Waals surface area (Å²) >= 11 is 0. The van der Waals surface area contributed by atoms with Gasteiger partial charge in [-0.3, -0.25) is 4.79 Å². The first kappa shape index (κ1) is 10.6. The maximum absolute atomic E-state index is 11.3. The highest BCUT2D eigenvalue weighted by atomic mass is 16.3. The molecule has 1 rings (SSSR count). The van der Waals surface area contributed by atoms with Crippen molar-refractivity contribution in [1.29, 1.82) is 0 Å². The number of aromatic hydroxyl groups is 1. The van der Waals surface area contributed by atoms with Crippen LogP contribution in [0.3, 0.4) is 0 Å². The van der Waals surface area contributed by atoms with Gasteiger partial charge in [-0.15, -0.1) is 0 Å². The van der Waals surface area contributed by atoms with Gasteiger partial charge >= 0.3 is 0 Å². The van der Waals surface area contributed by atoms with Crippen LogP contribution in [-0.4, -0.2) is 17.6 Å². The van der Waals surface area contributed by atoms with Crippen LogP contribution in [0.1, 0.15) is 18.9 Å². The molecule has 0 aliphatic carbocycles. The first-order valence-electron chi connectivity index (χ1n) is 4.77. The molecular weight excluding hydrogens is 178 g/mol. The molecule has 0 aromatic heterocycles. The number of hydrogen-bond acceptors (Lipinski definition) is 2. The van der Waals surface area contributed by atoms with E-state index in [4.69, 9.17) is 5.11 Å². The molecule has 0 bridgehead atoms. The minimum absolute atomic E-state index is 0.0255. The van der Waals surface area contributed by atoms with Crippen LogP contribution < -0.4 is 5.32 Å². The number of rotatable bonds is 4. The zero-order valence-electron chi connectivity index (χ0n) is 8.29. The Bertz CT molecular complexity index is 293. The highest BCUT2D eigenvalue weighted by Crippen LogP contribution is 2.09. The van der Waals surface area contributed by atoms with E-state index in [9.17, 15) is 4.79 Å². The molecule has 0 radical (unpaired) electrons. The second-order valence-electron chi connectivity index (χ2n) is 3.19. The van der Waals surface area contributed by atoms with E-state index in [1.54, 1.807) is 24.3 Å². The summed E-state index contributed by atoms with van der Waals surface area (Å²) in [5.74, 6) is 0.250. The molecule has 0 atom stereocenters. The predicted molar refractivity (Wildman–Crippen MR) is 55.1 cm³/mol. The molecule has 1 aromatic rings. The van der Waals surface area contributed by atoms with E-state index >= 15 is 0 Å². The number of amides is 1. The Labute approximate surface area is 83.8 Å². The molecule has 0 fully saturated rings. The topological polar surface area (TPSA) is 49.3 Å². The second kappa shape index (κ2) is 5.27. The van der Waals surface area contributed by atoms with Crippen LogP contribution in [0.2, 0.25) is 0 Å². The Kier molecular flexibility index (Phi) is 3.98. The summed E-state index contributed by atoms with van der Waals surface area (Å²) in [6.07, 6.45) is 1.32. The zero-order chi connectivity index (χ0) is 10.4. The van der Waals surface area contributed by atoms with Crippen LogP contribution in [0.4, 0.5) is 0 Å². The number of hydrogen-bond donors (Lipinski definition) is 2. The van der Waals surface area contributed by atoms with Crippen LogP contribution in [0, 0.1) is 0 Å². The van der Waals surface area contributed by atoms with Gasteiger partial charge in [0.2, 0.25) is 5.91 Å². The number of carbonyl (C=O) groups excluding carboxylic acids is 1. The quantitative estimate of drug-likeness (QED) is 0.760. The van der Waals surface area contributed by atoms with E-state index in [0.717, 1.165) is 18.5 Å². The molecule has 0 saturated heterocycles. The van der Waals surface area contributed by atoms with Crippen LogP contribution in [0.25, 0.3) is 0 Å². The van der Waals surface area contributed by atoms with Gasteiger partial charge in [0.15, 0.2) is 0 Å². The molecule has 2 N–H and O–H groups in total. The second-order valence-corrected chi connectivity index (χ2v) is 3.19. The van der Waals surface area contributed by atoms with Gasteiger partial charge in [0.25, 0.3) is 0 Å². The SMILES string of the molecule is CCCNC(=O)Cc1ccc(O)cc1. The Morgan fingerprint density at radius 3 is 2.57 bits per heavy atom. The van der Waals surface area contributed by atoms with Gasteiger partial charge in [-0.05, 0) is 24.1 Å². The van der Waals surface area contributed by atoms with Crippen LogP contribution in [0.15, 0.2) is 24.3 Å². The Balaban J connectivity index is 2.44. The monoisotopic (exact) mass is 193 g/mol. The fourth-order valence-corrected chi connectivity index (χ4v) is 1.13. The van der Waals surface area contributed by atoms with Crippen molar-refractivity contribution in [2.75, 3.05) is 6.54 Å². The van der Waals surface area contributed by atoms with Gasteiger partial charge in [0.05, 0.1) is 6.42 Å². The number of carbonyl (C=O) groups is 1. The maximum Gasteiger partial charge on any atom is 0.224 e. The molecule has 0 heterocycles. The minimum Gasteiger partial charge on any atom is -0.508 e. The van der Waals surface area contributed by atoms with Gasteiger partial charge in [-0.2, -0.15) is 0 Å². The highest BCUT2D eigenvalue weighted by Gasteiger charge is 2.01. The van der Waals surface area contributed by atoms with Crippen molar-refractivity contribution in [2.45, 2.75) is 19.8 Å². The van der Waals surface area contributed by atoms with Gasteiger partial charge in [0.1, 0.15) is 5.75 Å².